The van der Waals surface area contributed by atoms with Crippen molar-refractivity contribution in [2.45, 2.75) is 26.8 Å². The monoisotopic (exact) mass is 398 g/mol. The molecule has 0 saturated carbocycles. The highest BCUT2D eigenvalue weighted by Crippen LogP contribution is 2.14. The van der Waals surface area contributed by atoms with Crippen molar-refractivity contribution >= 4 is 41.5 Å². The maximum atomic E-state index is 5.99. The first-order valence-electron chi connectivity index (χ1n) is 6.38. The van der Waals surface area contributed by atoms with Crippen molar-refractivity contribution in [3.63, 3.8) is 0 Å². The van der Waals surface area contributed by atoms with Crippen molar-refractivity contribution in [3.8, 4) is 0 Å². The van der Waals surface area contributed by atoms with E-state index in [-0.39, 0.29) is 24.0 Å². The number of halogens is 2. The molecular formula is C13H24ClIN4. The zero-order valence-electron chi connectivity index (χ0n) is 12.1. The molecule has 0 fully saturated rings. The molecule has 0 amide bonds. The summed E-state index contributed by atoms with van der Waals surface area (Å²) in [5.74, 6) is 0.941. The third-order valence-electron chi connectivity index (χ3n) is 2.66. The fourth-order valence-electron chi connectivity index (χ4n) is 1.73. The molecule has 1 aromatic rings. The highest BCUT2D eigenvalue weighted by Gasteiger charge is 2.09. The number of aromatic nitrogens is 1. The molecule has 4 nitrogen and oxygen atoms in total. The third kappa shape index (κ3) is 6.03. The summed E-state index contributed by atoms with van der Waals surface area (Å²) in [6.45, 7) is 6.72. The smallest absolute Gasteiger partial charge is 0.194 e. The van der Waals surface area contributed by atoms with Gasteiger partial charge in [-0.15, -0.1) is 24.0 Å². The van der Waals surface area contributed by atoms with Gasteiger partial charge in [-0.25, -0.2) is 0 Å². The van der Waals surface area contributed by atoms with Crippen LogP contribution in [0.5, 0.6) is 0 Å². The fraction of sp³-hybridized carbons (Fsp3) is 0.615. The van der Waals surface area contributed by atoms with Crippen LogP contribution < -0.4 is 5.32 Å². The number of guanidine groups is 1. The Labute approximate surface area is 138 Å². The minimum Gasteiger partial charge on any atom is -0.357 e. The van der Waals surface area contributed by atoms with Crippen LogP contribution in [0, 0.1) is 0 Å². The van der Waals surface area contributed by atoms with Crippen LogP contribution in [0.25, 0.3) is 0 Å². The highest BCUT2D eigenvalue weighted by molar-refractivity contribution is 14.0. The highest BCUT2D eigenvalue weighted by atomic mass is 127. The Morgan fingerprint density at radius 1 is 1.47 bits per heavy atom. The average Bonchev–Trinajstić information content (AvgIpc) is 2.63. The molecule has 0 bridgehead atoms. The minimum absolute atomic E-state index is 0. The molecule has 110 valence electrons. The van der Waals surface area contributed by atoms with E-state index in [4.69, 9.17) is 11.6 Å². The summed E-state index contributed by atoms with van der Waals surface area (Å²) in [6.07, 6.45) is 2.97. The van der Waals surface area contributed by atoms with Crippen LogP contribution in [0.1, 0.15) is 26.0 Å². The van der Waals surface area contributed by atoms with E-state index in [0.717, 1.165) is 37.0 Å². The Balaban J connectivity index is 0.00000324. The third-order valence-corrected chi connectivity index (χ3v) is 2.86. The second kappa shape index (κ2) is 9.47. The van der Waals surface area contributed by atoms with Crippen LogP contribution in [0.3, 0.4) is 0 Å². The SMILES string of the molecule is CCCN=C(NCC)N(C)Cc1cc(Cl)cn1C.I. The van der Waals surface area contributed by atoms with Gasteiger partial charge < -0.3 is 14.8 Å². The first kappa shape index (κ1) is 18.6. The standard InChI is InChI=1S/C13H23ClN4.HI/c1-5-7-16-13(15-6-2)18(4)10-12-8-11(14)9-17(12)3;/h8-9H,5-7,10H2,1-4H3,(H,15,16);1H. The van der Waals surface area contributed by atoms with E-state index >= 15 is 0 Å². The number of aryl methyl sites for hydroxylation is 1. The van der Waals surface area contributed by atoms with E-state index in [9.17, 15) is 0 Å². The summed E-state index contributed by atoms with van der Waals surface area (Å²) in [6, 6.07) is 1.99. The van der Waals surface area contributed by atoms with Gasteiger partial charge in [0.15, 0.2) is 5.96 Å². The van der Waals surface area contributed by atoms with Crippen LogP contribution in [-0.4, -0.2) is 35.6 Å². The molecular weight excluding hydrogens is 375 g/mol. The van der Waals surface area contributed by atoms with E-state index in [1.807, 2.05) is 30.9 Å². The molecule has 0 aliphatic carbocycles. The van der Waals surface area contributed by atoms with E-state index in [1.54, 1.807) is 0 Å². The number of rotatable bonds is 5. The number of hydrogen-bond acceptors (Lipinski definition) is 1. The molecule has 0 radical (unpaired) electrons. The largest absolute Gasteiger partial charge is 0.357 e. The van der Waals surface area contributed by atoms with Gasteiger partial charge in [-0.05, 0) is 19.4 Å². The molecule has 6 heteroatoms. The molecule has 0 unspecified atom stereocenters. The number of hydrogen-bond donors (Lipinski definition) is 1. The van der Waals surface area contributed by atoms with E-state index < -0.39 is 0 Å². The van der Waals surface area contributed by atoms with Gasteiger partial charge in [0.25, 0.3) is 0 Å². The molecule has 19 heavy (non-hydrogen) atoms. The maximum Gasteiger partial charge on any atom is 0.194 e. The molecule has 0 saturated heterocycles. The van der Waals surface area contributed by atoms with Crippen molar-refractivity contribution in [1.29, 1.82) is 0 Å². The molecule has 0 aliphatic rings. The van der Waals surface area contributed by atoms with Gasteiger partial charge in [0.1, 0.15) is 0 Å². The van der Waals surface area contributed by atoms with Crippen LogP contribution in [0.4, 0.5) is 0 Å². The molecule has 0 spiro atoms. The van der Waals surface area contributed by atoms with Gasteiger partial charge in [0.2, 0.25) is 0 Å². The Morgan fingerprint density at radius 3 is 2.63 bits per heavy atom. The molecule has 0 atom stereocenters. The Morgan fingerprint density at radius 2 is 2.16 bits per heavy atom. The minimum atomic E-state index is 0. The Kier molecular flexibility index (Phi) is 9.26. The normalized spacial score (nSPS) is 11.1. The molecule has 1 rings (SSSR count). The Bertz CT molecular complexity index is 403. The van der Waals surface area contributed by atoms with Crippen LogP contribution in [0.15, 0.2) is 17.3 Å². The van der Waals surface area contributed by atoms with E-state index in [0.29, 0.717) is 0 Å². The summed E-state index contributed by atoms with van der Waals surface area (Å²) in [4.78, 5) is 6.67. The molecule has 1 aromatic heterocycles. The van der Waals surface area contributed by atoms with Gasteiger partial charge in [-0.2, -0.15) is 0 Å². The summed E-state index contributed by atoms with van der Waals surface area (Å²) in [5, 5.41) is 4.07. The van der Waals surface area contributed by atoms with Crippen molar-refractivity contribution < 1.29 is 0 Å². The lowest BCUT2D eigenvalue weighted by Gasteiger charge is -2.22. The van der Waals surface area contributed by atoms with Crippen molar-refractivity contribution in [3.05, 3.63) is 23.0 Å². The molecule has 1 N–H and O–H groups in total. The Hall–Kier alpha value is -0.430. The van der Waals surface area contributed by atoms with Gasteiger partial charge in [-0.3, -0.25) is 4.99 Å². The zero-order chi connectivity index (χ0) is 13.5. The lowest BCUT2D eigenvalue weighted by molar-refractivity contribution is 0.462. The second-order valence-corrected chi connectivity index (χ2v) is 4.79. The topological polar surface area (TPSA) is 32.6 Å². The molecule has 1 heterocycles. The van der Waals surface area contributed by atoms with Gasteiger partial charge >= 0.3 is 0 Å². The van der Waals surface area contributed by atoms with Crippen molar-refractivity contribution in [2.75, 3.05) is 20.1 Å². The summed E-state index contributed by atoms with van der Waals surface area (Å²) < 4.78 is 2.04. The fourth-order valence-corrected chi connectivity index (χ4v) is 2.00. The quantitative estimate of drug-likeness (QED) is 0.470. The average molecular weight is 399 g/mol. The van der Waals surface area contributed by atoms with Gasteiger partial charge in [0, 0.05) is 39.1 Å². The summed E-state index contributed by atoms with van der Waals surface area (Å²) >= 11 is 5.99. The molecule has 0 aromatic carbocycles. The van der Waals surface area contributed by atoms with Crippen LogP contribution in [-0.2, 0) is 13.6 Å². The zero-order valence-corrected chi connectivity index (χ0v) is 15.2. The van der Waals surface area contributed by atoms with Crippen LogP contribution >= 0.6 is 35.6 Å². The first-order valence-corrected chi connectivity index (χ1v) is 6.76. The van der Waals surface area contributed by atoms with Crippen molar-refractivity contribution in [2.24, 2.45) is 12.0 Å². The number of nitrogens with zero attached hydrogens (tertiary/aromatic N) is 3. The number of nitrogens with one attached hydrogen (secondary N) is 1. The van der Waals surface area contributed by atoms with E-state index in [1.165, 1.54) is 5.69 Å². The predicted octanol–water partition coefficient (Wildman–Crippen LogP) is 3.10. The number of aliphatic imine (C=N–C) groups is 1. The van der Waals surface area contributed by atoms with E-state index in [2.05, 4.69) is 29.1 Å². The lowest BCUT2D eigenvalue weighted by Crippen LogP contribution is -2.38. The second-order valence-electron chi connectivity index (χ2n) is 4.35. The predicted molar refractivity (Wildman–Crippen MR) is 93.6 cm³/mol. The summed E-state index contributed by atoms with van der Waals surface area (Å²) in [5.41, 5.74) is 1.17. The molecule has 0 aliphatic heterocycles. The first-order chi connectivity index (χ1) is 8.58. The van der Waals surface area contributed by atoms with Gasteiger partial charge in [-0.1, -0.05) is 18.5 Å². The van der Waals surface area contributed by atoms with Crippen molar-refractivity contribution in [1.82, 2.24) is 14.8 Å². The maximum absolute atomic E-state index is 5.99. The lowest BCUT2D eigenvalue weighted by atomic mass is 10.4. The van der Waals surface area contributed by atoms with Crippen LogP contribution in [0.2, 0.25) is 5.02 Å². The summed E-state index contributed by atoms with van der Waals surface area (Å²) in [7, 11) is 4.04. The van der Waals surface area contributed by atoms with Gasteiger partial charge in [0.05, 0.1) is 11.6 Å².